The molecule has 0 aliphatic carbocycles. The number of hydrogen-bond acceptors (Lipinski definition) is 3. The minimum absolute atomic E-state index is 0.0186. The molecular weight excluding hydrogens is 302 g/mol. The van der Waals surface area contributed by atoms with Crippen molar-refractivity contribution in [1.82, 2.24) is 10.2 Å². The van der Waals surface area contributed by atoms with Gasteiger partial charge in [0.2, 0.25) is 5.91 Å². The van der Waals surface area contributed by atoms with Gasteiger partial charge < -0.3 is 15.0 Å². The highest BCUT2D eigenvalue weighted by Gasteiger charge is 2.35. The Morgan fingerprint density at radius 2 is 1.87 bits per heavy atom. The second kappa shape index (κ2) is 7.36. The van der Waals surface area contributed by atoms with Crippen LogP contribution in [-0.2, 0) is 9.53 Å². The lowest BCUT2D eigenvalue weighted by Crippen LogP contribution is -2.45. The average molecular weight is 326 g/mol. The third-order valence-electron chi connectivity index (χ3n) is 4.56. The Kier molecular flexibility index (Phi) is 5.70. The maximum absolute atomic E-state index is 14.0. The Morgan fingerprint density at radius 1 is 1.30 bits per heavy atom. The van der Waals surface area contributed by atoms with Crippen molar-refractivity contribution in [3.8, 4) is 0 Å². The van der Waals surface area contributed by atoms with Crippen LogP contribution < -0.4 is 5.32 Å². The quantitative estimate of drug-likeness (QED) is 0.904. The predicted molar refractivity (Wildman–Crippen MR) is 84.0 cm³/mol. The Labute approximate surface area is 135 Å². The van der Waals surface area contributed by atoms with Gasteiger partial charge in [0.1, 0.15) is 11.6 Å². The van der Waals surface area contributed by atoms with Gasteiger partial charge in [-0.3, -0.25) is 4.79 Å². The molecule has 0 spiro atoms. The summed E-state index contributed by atoms with van der Waals surface area (Å²) in [6, 6.07) is 3.24. The molecule has 0 unspecified atom stereocenters. The van der Waals surface area contributed by atoms with E-state index in [4.69, 9.17) is 4.74 Å². The lowest BCUT2D eigenvalue weighted by Gasteiger charge is -2.33. The van der Waals surface area contributed by atoms with Crippen LogP contribution in [-0.4, -0.2) is 44.7 Å². The molecule has 1 heterocycles. The van der Waals surface area contributed by atoms with Crippen LogP contribution in [0.3, 0.4) is 0 Å². The Bertz CT molecular complexity index is 537. The van der Waals surface area contributed by atoms with Crippen molar-refractivity contribution in [2.75, 3.05) is 33.9 Å². The SMILES string of the molecule is CN(C)[C@@H](CNC(=O)C1(C)CCOCC1)c1c(F)cccc1F. The summed E-state index contributed by atoms with van der Waals surface area (Å²) in [4.78, 5) is 14.2. The molecule has 1 aromatic rings. The molecule has 6 heteroatoms. The first-order valence-corrected chi connectivity index (χ1v) is 7.81. The second-order valence-corrected chi connectivity index (χ2v) is 6.50. The van der Waals surface area contributed by atoms with Gasteiger partial charge in [-0.05, 0) is 39.1 Å². The highest BCUT2D eigenvalue weighted by Crippen LogP contribution is 2.30. The Morgan fingerprint density at radius 3 is 2.39 bits per heavy atom. The van der Waals surface area contributed by atoms with Crippen LogP contribution in [0.25, 0.3) is 0 Å². The van der Waals surface area contributed by atoms with Gasteiger partial charge in [-0.25, -0.2) is 8.78 Å². The minimum Gasteiger partial charge on any atom is -0.381 e. The van der Waals surface area contributed by atoms with Crippen molar-refractivity contribution >= 4 is 5.91 Å². The third-order valence-corrected chi connectivity index (χ3v) is 4.56. The van der Waals surface area contributed by atoms with Gasteiger partial charge in [-0.2, -0.15) is 0 Å². The number of benzene rings is 1. The van der Waals surface area contributed by atoms with Gasteiger partial charge in [0.15, 0.2) is 0 Å². The first-order valence-electron chi connectivity index (χ1n) is 7.81. The molecule has 128 valence electrons. The number of carbonyl (C=O) groups is 1. The molecule has 0 saturated carbocycles. The normalized spacial score (nSPS) is 18.7. The zero-order valence-electron chi connectivity index (χ0n) is 13.9. The molecule has 1 fully saturated rings. The summed E-state index contributed by atoms with van der Waals surface area (Å²) in [6.07, 6.45) is 1.30. The molecule has 0 aromatic heterocycles. The number of nitrogens with one attached hydrogen (secondary N) is 1. The molecule has 1 atom stereocenters. The van der Waals surface area contributed by atoms with Crippen molar-refractivity contribution in [3.63, 3.8) is 0 Å². The highest BCUT2D eigenvalue weighted by molar-refractivity contribution is 5.82. The fourth-order valence-electron chi connectivity index (χ4n) is 2.82. The van der Waals surface area contributed by atoms with Gasteiger partial charge in [0, 0.05) is 25.3 Å². The van der Waals surface area contributed by atoms with E-state index in [1.54, 1.807) is 19.0 Å². The minimum atomic E-state index is -0.602. The Balaban J connectivity index is 2.10. The van der Waals surface area contributed by atoms with E-state index in [2.05, 4.69) is 5.32 Å². The van der Waals surface area contributed by atoms with Crippen LogP contribution in [0.15, 0.2) is 18.2 Å². The summed E-state index contributed by atoms with van der Waals surface area (Å²) in [5.74, 6) is -1.30. The zero-order chi connectivity index (χ0) is 17.0. The number of hydrogen-bond donors (Lipinski definition) is 1. The smallest absolute Gasteiger partial charge is 0.226 e. The standard InChI is InChI=1S/C17H24F2N2O2/c1-17(7-9-23-10-8-17)16(22)20-11-14(21(2)3)15-12(18)5-4-6-13(15)19/h4-6,14H,7-11H2,1-3H3,(H,20,22)/t14-/m0/s1. The van der Waals surface area contributed by atoms with Gasteiger partial charge in [-0.1, -0.05) is 13.0 Å². The number of likely N-dealkylation sites (N-methyl/N-ethyl adjacent to an activating group) is 1. The molecule has 1 saturated heterocycles. The van der Waals surface area contributed by atoms with Crippen LogP contribution >= 0.6 is 0 Å². The summed E-state index contributed by atoms with van der Waals surface area (Å²) in [5.41, 5.74) is -0.502. The van der Waals surface area contributed by atoms with Crippen molar-refractivity contribution in [1.29, 1.82) is 0 Å². The third kappa shape index (κ3) is 4.06. The van der Waals surface area contributed by atoms with Crippen molar-refractivity contribution in [3.05, 3.63) is 35.4 Å². The molecule has 4 nitrogen and oxygen atoms in total. The molecule has 23 heavy (non-hydrogen) atoms. The van der Waals surface area contributed by atoms with Gasteiger partial charge in [0.25, 0.3) is 0 Å². The van der Waals surface area contributed by atoms with E-state index in [-0.39, 0.29) is 18.0 Å². The van der Waals surface area contributed by atoms with Crippen LogP contribution in [0.1, 0.15) is 31.4 Å². The largest absolute Gasteiger partial charge is 0.381 e. The average Bonchev–Trinajstić information content (AvgIpc) is 2.50. The molecular formula is C17H24F2N2O2. The van der Waals surface area contributed by atoms with Crippen molar-refractivity contribution in [2.24, 2.45) is 5.41 Å². The van der Waals surface area contributed by atoms with Crippen LogP contribution in [0.5, 0.6) is 0 Å². The molecule has 1 aliphatic rings. The summed E-state index contributed by atoms with van der Waals surface area (Å²) in [6.45, 7) is 3.17. The predicted octanol–water partition coefficient (Wildman–Crippen LogP) is 2.50. The summed E-state index contributed by atoms with van der Waals surface area (Å²) in [7, 11) is 3.47. The van der Waals surface area contributed by atoms with Gasteiger partial charge in [-0.15, -0.1) is 0 Å². The molecule has 1 amide bonds. The van der Waals surface area contributed by atoms with Crippen molar-refractivity contribution < 1.29 is 18.3 Å². The van der Waals surface area contributed by atoms with Gasteiger partial charge >= 0.3 is 0 Å². The van der Waals surface area contributed by atoms with E-state index < -0.39 is 23.1 Å². The topological polar surface area (TPSA) is 41.6 Å². The van der Waals surface area contributed by atoms with Crippen LogP contribution in [0.4, 0.5) is 8.78 Å². The number of carbonyl (C=O) groups excluding carboxylic acids is 1. The summed E-state index contributed by atoms with van der Waals surface area (Å²) in [5, 5.41) is 2.86. The fourth-order valence-corrected chi connectivity index (χ4v) is 2.82. The zero-order valence-corrected chi connectivity index (χ0v) is 13.9. The molecule has 0 radical (unpaired) electrons. The van der Waals surface area contributed by atoms with E-state index in [9.17, 15) is 13.6 Å². The van der Waals surface area contributed by atoms with E-state index in [0.717, 1.165) is 0 Å². The molecule has 2 rings (SSSR count). The van der Waals surface area contributed by atoms with Crippen LogP contribution in [0, 0.1) is 17.0 Å². The maximum atomic E-state index is 14.0. The number of ether oxygens (including phenoxy) is 1. The highest BCUT2D eigenvalue weighted by atomic mass is 19.1. The fraction of sp³-hybridized carbons (Fsp3) is 0.588. The number of nitrogens with zero attached hydrogens (tertiary/aromatic N) is 1. The number of halogens is 2. The maximum Gasteiger partial charge on any atom is 0.226 e. The van der Waals surface area contributed by atoms with Crippen LogP contribution in [0.2, 0.25) is 0 Å². The summed E-state index contributed by atoms with van der Waals surface area (Å²) < 4.78 is 33.3. The van der Waals surface area contributed by atoms with E-state index in [0.29, 0.717) is 26.1 Å². The Hall–Kier alpha value is -1.53. The van der Waals surface area contributed by atoms with E-state index in [1.165, 1.54) is 18.2 Å². The molecule has 1 aromatic carbocycles. The second-order valence-electron chi connectivity index (χ2n) is 6.50. The lowest BCUT2D eigenvalue weighted by molar-refractivity contribution is -0.135. The molecule has 1 N–H and O–H groups in total. The summed E-state index contributed by atoms with van der Waals surface area (Å²) >= 11 is 0. The lowest BCUT2D eigenvalue weighted by atomic mass is 9.81. The monoisotopic (exact) mass is 326 g/mol. The van der Waals surface area contributed by atoms with E-state index in [1.807, 2.05) is 6.92 Å². The molecule has 1 aliphatic heterocycles. The number of amides is 1. The first kappa shape index (κ1) is 17.8. The van der Waals surface area contributed by atoms with E-state index >= 15 is 0 Å². The first-order chi connectivity index (χ1) is 10.8. The van der Waals surface area contributed by atoms with Gasteiger partial charge in [0.05, 0.1) is 11.5 Å². The number of rotatable bonds is 5. The van der Waals surface area contributed by atoms with Crippen molar-refractivity contribution in [2.45, 2.75) is 25.8 Å². The molecule has 0 bridgehead atoms.